The van der Waals surface area contributed by atoms with E-state index in [9.17, 15) is 21.6 Å². The molecule has 1 N–H and O–H groups in total. The Labute approximate surface area is 82.5 Å². The minimum absolute atomic E-state index is 0.532. The lowest BCUT2D eigenvalue weighted by Crippen LogP contribution is -2.39. The van der Waals surface area contributed by atoms with Crippen LogP contribution in [0, 0.1) is 0 Å². The first-order chi connectivity index (χ1) is 6.18. The third-order valence-corrected chi connectivity index (χ3v) is 7.82. The summed E-state index contributed by atoms with van der Waals surface area (Å²) in [6, 6.07) is 0. The largest absolute Gasteiger partial charge is 0.339 e. The molecule has 0 aliphatic carbocycles. The highest BCUT2D eigenvalue weighted by Gasteiger charge is 2.49. The summed E-state index contributed by atoms with van der Waals surface area (Å²) < 4.78 is 44.0. The minimum atomic E-state index is -3.79. The van der Waals surface area contributed by atoms with Gasteiger partial charge in [0.15, 0.2) is 24.3 Å². The maximum atomic E-state index is 11.5. The van der Waals surface area contributed by atoms with Crippen LogP contribution in [0.4, 0.5) is 0 Å². The molecule has 6 nitrogen and oxygen atoms in total. The predicted molar refractivity (Wildman–Crippen MR) is 49.8 cm³/mol. The summed E-state index contributed by atoms with van der Waals surface area (Å²) >= 11 is 0. The minimum Gasteiger partial charge on any atom is -0.339 e. The molecule has 0 bridgehead atoms. The van der Waals surface area contributed by atoms with Gasteiger partial charge in [-0.25, -0.2) is 16.8 Å². The van der Waals surface area contributed by atoms with E-state index in [0.717, 1.165) is 13.8 Å². The molecular formula is C6H11NO5S2. The quantitative estimate of drug-likeness (QED) is 0.611. The van der Waals surface area contributed by atoms with E-state index in [2.05, 4.69) is 5.32 Å². The summed E-state index contributed by atoms with van der Waals surface area (Å²) in [5.74, 6) is -1.08. The number of amides is 1. The molecule has 14 heavy (non-hydrogen) atoms. The molecule has 1 aliphatic heterocycles. The Bertz CT molecular complexity index is 449. The molecule has 1 heterocycles. The molecule has 1 rings (SSSR count). The van der Waals surface area contributed by atoms with Gasteiger partial charge in [-0.2, -0.15) is 0 Å². The molecule has 2 atom stereocenters. The van der Waals surface area contributed by atoms with Gasteiger partial charge in [-0.05, 0) is 6.92 Å². The van der Waals surface area contributed by atoms with E-state index < -0.39 is 41.3 Å². The first-order valence-corrected chi connectivity index (χ1v) is 7.22. The lowest BCUT2D eigenvalue weighted by Gasteiger charge is -2.08. The predicted octanol–water partition coefficient (Wildman–Crippen LogP) is -1.36. The zero-order chi connectivity index (χ0) is 11.1. The third-order valence-electron chi connectivity index (χ3n) is 2.11. The highest BCUT2D eigenvalue weighted by molar-refractivity contribution is 8.12. The number of hydrogen-bond acceptors (Lipinski definition) is 5. The number of rotatable bonds is 1. The number of nitrogens with one attached hydrogen (secondary N) is 1. The molecule has 1 aliphatic rings. The number of carbonyl (C=O) groups is 1. The van der Waals surface area contributed by atoms with Crippen LogP contribution in [0.1, 0.15) is 13.8 Å². The second-order valence-electron chi connectivity index (χ2n) is 3.18. The van der Waals surface area contributed by atoms with Crippen molar-refractivity contribution >= 4 is 25.6 Å². The van der Waals surface area contributed by atoms with Gasteiger partial charge in [0, 0.05) is 6.92 Å². The number of sulfone groups is 2. The van der Waals surface area contributed by atoms with Crippen molar-refractivity contribution in [2.24, 2.45) is 0 Å². The normalized spacial score (nSPS) is 33.9. The van der Waals surface area contributed by atoms with E-state index >= 15 is 0 Å². The molecule has 1 saturated heterocycles. The van der Waals surface area contributed by atoms with Crippen molar-refractivity contribution in [3.63, 3.8) is 0 Å². The van der Waals surface area contributed by atoms with Crippen molar-refractivity contribution in [3.05, 3.63) is 0 Å². The van der Waals surface area contributed by atoms with Gasteiger partial charge in [0.1, 0.15) is 5.37 Å². The fourth-order valence-corrected chi connectivity index (χ4v) is 6.40. The van der Waals surface area contributed by atoms with Crippen molar-refractivity contribution < 1.29 is 21.6 Å². The van der Waals surface area contributed by atoms with Crippen LogP contribution in [0.15, 0.2) is 0 Å². The van der Waals surface area contributed by atoms with Crippen LogP contribution in [-0.4, -0.2) is 38.5 Å². The molecule has 8 heteroatoms. The Morgan fingerprint density at radius 3 is 2.07 bits per heavy atom. The molecule has 1 amide bonds. The standard InChI is InChI=1S/C6H11NO5S2/c1-4(8)7-6-3-13(9,10)5(2)14(6,11)12/h5-6H,3H2,1-2H3,(H,7,8). The molecule has 1 fully saturated rings. The molecule has 2 unspecified atom stereocenters. The van der Waals surface area contributed by atoms with Gasteiger partial charge in [0.05, 0.1) is 5.75 Å². The number of carbonyl (C=O) groups excluding carboxylic acids is 1. The van der Waals surface area contributed by atoms with Gasteiger partial charge in [-0.1, -0.05) is 0 Å². The average Bonchev–Trinajstić information content (AvgIpc) is 2.12. The molecule has 0 radical (unpaired) electrons. The summed E-state index contributed by atoms with van der Waals surface area (Å²) in [5, 5.41) is 0.820. The Hall–Kier alpha value is -0.630. The smallest absolute Gasteiger partial charge is 0.217 e. The summed E-state index contributed by atoms with van der Waals surface area (Å²) in [4.78, 5) is 10.6. The molecule has 0 aromatic carbocycles. The summed E-state index contributed by atoms with van der Waals surface area (Å²) in [6.45, 7) is 2.26. The lowest BCUT2D eigenvalue weighted by molar-refractivity contribution is -0.119. The second kappa shape index (κ2) is 3.20. The van der Waals surface area contributed by atoms with E-state index in [4.69, 9.17) is 0 Å². The maximum absolute atomic E-state index is 11.5. The molecule has 0 saturated carbocycles. The second-order valence-corrected chi connectivity index (χ2v) is 8.29. The van der Waals surface area contributed by atoms with Crippen LogP contribution in [0.25, 0.3) is 0 Å². The Kier molecular flexibility index (Phi) is 2.61. The molecular weight excluding hydrogens is 230 g/mol. The van der Waals surface area contributed by atoms with E-state index in [1.165, 1.54) is 0 Å². The van der Waals surface area contributed by atoms with Crippen LogP contribution < -0.4 is 5.32 Å². The van der Waals surface area contributed by atoms with Gasteiger partial charge < -0.3 is 5.32 Å². The van der Waals surface area contributed by atoms with E-state index in [1.54, 1.807) is 0 Å². The molecule has 82 valence electrons. The van der Waals surface area contributed by atoms with E-state index in [-0.39, 0.29) is 0 Å². The highest BCUT2D eigenvalue weighted by Crippen LogP contribution is 2.24. The number of hydrogen-bond donors (Lipinski definition) is 1. The Balaban J connectivity index is 3.10. The van der Waals surface area contributed by atoms with Crippen molar-refractivity contribution in [1.82, 2.24) is 5.32 Å². The highest BCUT2D eigenvalue weighted by atomic mass is 32.3. The van der Waals surface area contributed by atoms with Gasteiger partial charge in [0.25, 0.3) is 0 Å². The lowest BCUT2D eigenvalue weighted by atomic mass is 10.6. The summed E-state index contributed by atoms with van der Waals surface area (Å²) in [7, 11) is -7.42. The van der Waals surface area contributed by atoms with E-state index in [1.807, 2.05) is 0 Å². The van der Waals surface area contributed by atoms with E-state index in [0.29, 0.717) is 0 Å². The van der Waals surface area contributed by atoms with Gasteiger partial charge in [-0.3, -0.25) is 4.79 Å². The Morgan fingerprint density at radius 2 is 1.79 bits per heavy atom. The van der Waals surface area contributed by atoms with Crippen molar-refractivity contribution in [2.75, 3.05) is 5.75 Å². The van der Waals surface area contributed by atoms with Crippen LogP contribution in [-0.2, 0) is 24.5 Å². The zero-order valence-electron chi connectivity index (χ0n) is 7.72. The zero-order valence-corrected chi connectivity index (χ0v) is 9.35. The first-order valence-electron chi connectivity index (χ1n) is 3.89. The third kappa shape index (κ3) is 1.76. The van der Waals surface area contributed by atoms with Crippen LogP contribution in [0.5, 0.6) is 0 Å². The van der Waals surface area contributed by atoms with Gasteiger partial charge >= 0.3 is 0 Å². The summed E-state index contributed by atoms with van der Waals surface area (Å²) in [5.41, 5.74) is 0. The van der Waals surface area contributed by atoms with Crippen LogP contribution >= 0.6 is 0 Å². The van der Waals surface area contributed by atoms with Crippen LogP contribution in [0.2, 0.25) is 0 Å². The van der Waals surface area contributed by atoms with Gasteiger partial charge in [-0.15, -0.1) is 0 Å². The average molecular weight is 241 g/mol. The monoisotopic (exact) mass is 241 g/mol. The first kappa shape index (κ1) is 11.4. The van der Waals surface area contributed by atoms with Crippen molar-refractivity contribution in [1.29, 1.82) is 0 Å². The summed E-state index contributed by atoms with van der Waals surface area (Å²) in [6.07, 6.45) is 0. The molecule has 0 spiro atoms. The Morgan fingerprint density at radius 1 is 1.29 bits per heavy atom. The van der Waals surface area contributed by atoms with Crippen molar-refractivity contribution in [2.45, 2.75) is 23.8 Å². The fourth-order valence-electron chi connectivity index (χ4n) is 1.23. The molecule has 0 aromatic heterocycles. The van der Waals surface area contributed by atoms with Crippen molar-refractivity contribution in [3.8, 4) is 0 Å². The SMILES string of the molecule is CC(=O)NC1CS(=O)(=O)C(C)S1(=O)=O. The van der Waals surface area contributed by atoms with Crippen LogP contribution in [0.3, 0.4) is 0 Å². The molecule has 0 aromatic rings. The van der Waals surface area contributed by atoms with Gasteiger partial charge in [0.2, 0.25) is 5.91 Å². The fraction of sp³-hybridized carbons (Fsp3) is 0.833. The topological polar surface area (TPSA) is 97.4 Å². The maximum Gasteiger partial charge on any atom is 0.217 e.